The van der Waals surface area contributed by atoms with Crippen molar-refractivity contribution in [1.29, 1.82) is 0 Å². The molecule has 10 nitrogen and oxygen atoms in total. The molecule has 0 radical (unpaired) electrons. The number of imide groups is 1. The summed E-state index contributed by atoms with van der Waals surface area (Å²) in [5.74, 6) is -0.819. The summed E-state index contributed by atoms with van der Waals surface area (Å²) in [5.41, 5.74) is 2.41. The predicted octanol–water partition coefficient (Wildman–Crippen LogP) is 5.38. The molecule has 3 atom stereocenters. The van der Waals surface area contributed by atoms with Crippen LogP contribution in [0.25, 0.3) is 0 Å². The van der Waals surface area contributed by atoms with Crippen LogP contribution in [0.2, 0.25) is 0 Å². The number of carbonyl (C=O) groups is 4. The van der Waals surface area contributed by atoms with Crippen LogP contribution < -0.4 is 10.6 Å². The van der Waals surface area contributed by atoms with Gasteiger partial charge in [-0.25, -0.2) is 14.5 Å². The molecule has 1 aliphatic rings. The van der Waals surface area contributed by atoms with E-state index in [0.29, 0.717) is 29.8 Å². The van der Waals surface area contributed by atoms with Crippen LogP contribution in [0, 0.1) is 6.92 Å². The number of hydrogen-bond donors (Lipinski definition) is 2. The Morgan fingerprint density at radius 1 is 0.805 bits per heavy atom. The fourth-order valence-electron chi connectivity index (χ4n) is 4.67. The van der Waals surface area contributed by atoms with E-state index in [0.717, 1.165) is 31.2 Å². The Labute approximate surface area is 242 Å². The van der Waals surface area contributed by atoms with Crippen molar-refractivity contribution in [1.82, 2.24) is 20.4 Å². The Hall–Kier alpha value is -3.92. The second-order valence-electron chi connectivity index (χ2n) is 10.2. The molecule has 2 aromatic carbocycles. The molecule has 10 heteroatoms. The van der Waals surface area contributed by atoms with Gasteiger partial charge in [0.05, 0.1) is 17.2 Å². The molecule has 0 saturated heterocycles. The monoisotopic (exact) mass is 566 g/mol. The summed E-state index contributed by atoms with van der Waals surface area (Å²) in [4.78, 5) is 55.1. The minimum Gasteiger partial charge on any atom is -0.430 e. The quantitative estimate of drug-likeness (QED) is 0.179. The highest BCUT2D eigenvalue weighted by atomic mass is 16.6. The van der Waals surface area contributed by atoms with E-state index in [9.17, 15) is 19.2 Å². The molecule has 2 aromatic rings. The highest BCUT2D eigenvalue weighted by Gasteiger charge is 2.42. The van der Waals surface area contributed by atoms with Crippen molar-refractivity contribution in [3.63, 3.8) is 0 Å². The van der Waals surface area contributed by atoms with E-state index >= 15 is 0 Å². The molecular formula is C31H42N4O6. The van der Waals surface area contributed by atoms with Crippen LogP contribution in [0.4, 0.5) is 9.59 Å². The molecule has 41 heavy (non-hydrogen) atoms. The normalized spacial score (nSPS) is 14.8. The topological polar surface area (TPSA) is 117 Å². The third kappa shape index (κ3) is 8.29. The largest absolute Gasteiger partial charge is 0.430 e. The van der Waals surface area contributed by atoms with Crippen LogP contribution >= 0.6 is 0 Å². The summed E-state index contributed by atoms with van der Waals surface area (Å²) in [7, 11) is 0. The van der Waals surface area contributed by atoms with E-state index in [1.54, 1.807) is 43.0 Å². The maximum atomic E-state index is 13.6. The van der Waals surface area contributed by atoms with Crippen molar-refractivity contribution in [2.75, 3.05) is 19.6 Å². The first-order chi connectivity index (χ1) is 19.7. The molecule has 0 saturated carbocycles. The molecule has 3 unspecified atom stereocenters. The molecule has 4 amide bonds. The number of unbranched alkanes of at least 4 members (excludes halogenated alkanes) is 2. The Morgan fingerprint density at radius 2 is 1.27 bits per heavy atom. The summed E-state index contributed by atoms with van der Waals surface area (Å²) in [6, 6.07) is 13.5. The highest BCUT2D eigenvalue weighted by Crippen LogP contribution is 2.33. The Kier molecular flexibility index (Phi) is 11.7. The fraction of sp³-hybridized carbons (Fsp3) is 0.484. The molecule has 2 N–H and O–H groups in total. The van der Waals surface area contributed by atoms with Crippen molar-refractivity contribution >= 4 is 24.0 Å². The molecule has 0 spiro atoms. The average molecular weight is 567 g/mol. The van der Waals surface area contributed by atoms with Crippen LogP contribution in [0.15, 0.2) is 48.5 Å². The first-order valence-corrected chi connectivity index (χ1v) is 14.4. The zero-order valence-electron chi connectivity index (χ0n) is 24.6. The maximum absolute atomic E-state index is 13.6. The minimum atomic E-state index is -0.863. The van der Waals surface area contributed by atoms with Gasteiger partial charge in [-0.3, -0.25) is 14.5 Å². The molecule has 3 rings (SSSR count). The van der Waals surface area contributed by atoms with Crippen LogP contribution in [-0.2, 0) is 9.47 Å². The van der Waals surface area contributed by atoms with E-state index in [1.807, 2.05) is 45.0 Å². The van der Waals surface area contributed by atoms with Crippen molar-refractivity contribution in [2.24, 2.45) is 0 Å². The van der Waals surface area contributed by atoms with Crippen LogP contribution in [0.1, 0.15) is 91.3 Å². The number of alkyl carbamates (subject to hydrolysis) is 2. The number of fused-ring (bicyclic) bond motifs is 1. The predicted molar refractivity (Wildman–Crippen MR) is 155 cm³/mol. The summed E-state index contributed by atoms with van der Waals surface area (Å²) in [5, 5.41) is 5.46. The SMILES string of the molecule is CCCCNC(=O)OC(C)N(CC(c1ccc(C)cc1)N1C(=O)c2ccccc2C1=O)C(C)OC(=O)NCCCC. The van der Waals surface area contributed by atoms with Gasteiger partial charge in [0, 0.05) is 19.6 Å². The van der Waals surface area contributed by atoms with Crippen molar-refractivity contribution in [2.45, 2.75) is 78.8 Å². The van der Waals surface area contributed by atoms with Gasteiger partial charge in [-0.2, -0.15) is 0 Å². The van der Waals surface area contributed by atoms with Crippen molar-refractivity contribution in [3.05, 3.63) is 70.8 Å². The lowest BCUT2D eigenvalue weighted by Crippen LogP contribution is -2.51. The Balaban J connectivity index is 1.93. The number of ether oxygens (including phenoxy) is 2. The zero-order chi connectivity index (χ0) is 29.9. The summed E-state index contributed by atoms with van der Waals surface area (Å²) in [6.45, 7) is 10.3. The van der Waals surface area contributed by atoms with Crippen LogP contribution in [0.5, 0.6) is 0 Å². The molecule has 1 aliphatic heterocycles. The standard InChI is InChI=1S/C31H42N4O6/c1-6-8-18-32-30(38)40-22(4)34(23(5)41-31(39)33-19-9-7-2)20-27(24-16-14-21(3)15-17-24)35-28(36)25-12-10-11-13-26(25)29(35)37/h10-17,22-23,27H,6-9,18-20H2,1-5H3,(H,32,38)(H,33,39). The summed E-state index contributed by atoms with van der Waals surface area (Å²) < 4.78 is 11.3. The summed E-state index contributed by atoms with van der Waals surface area (Å²) in [6.07, 6.45) is 0.499. The fourth-order valence-corrected chi connectivity index (χ4v) is 4.67. The number of rotatable bonds is 14. The van der Waals surface area contributed by atoms with Gasteiger partial charge in [0.25, 0.3) is 11.8 Å². The number of hydrogen-bond acceptors (Lipinski definition) is 7. The number of carbonyl (C=O) groups excluding carboxylic acids is 4. The van der Waals surface area contributed by atoms with Gasteiger partial charge in [0.15, 0.2) is 12.5 Å². The molecule has 1 heterocycles. The molecular weight excluding hydrogens is 524 g/mol. The van der Waals surface area contributed by atoms with Crippen molar-refractivity contribution < 1.29 is 28.7 Å². The molecule has 0 aliphatic carbocycles. The lowest BCUT2D eigenvalue weighted by molar-refractivity contribution is -0.0988. The Bertz CT molecular complexity index is 1140. The van der Waals surface area contributed by atoms with Gasteiger partial charge in [0.1, 0.15) is 0 Å². The number of aryl methyl sites for hydroxylation is 1. The first-order valence-electron chi connectivity index (χ1n) is 14.4. The molecule has 222 valence electrons. The maximum Gasteiger partial charge on any atom is 0.408 e. The van der Waals surface area contributed by atoms with Gasteiger partial charge in [-0.15, -0.1) is 0 Å². The third-order valence-electron chi connectivity index (χ3n) is 7.07. The molecule has 0 fully saturated rings. The van der Waals surface area contributed by atoms with Crippen molar-refractivity contribution in [3.8, 4) is 0 Å². The molecule has 0 bridgehead atoms. The zero-order valence-corrected chi connectivity index (χ0v) is 24.6. The Morgan fingerprint density at radius 3 is 1.71 bits per heavy atom. The minimum absolute atomic E-state index is 0.0430. The highest BCUT2D eigenvalue weighted by molar-refractivity contribution is 6.21. The smallest absolute Gasteiger partial charge is 0.408 e. The first kappa shape index (κ1) is 31.6. The van der Waals surface area contributed by atoms with E-state index in [4.69, 9.17) is 9.47 Å². The van der Waals surface area contributed by atoms with Gasteiger partial charge < -0.3 is 20.1 Å². The third-order valence-corrected chi connectivity index (χ3v) is 7.07. The lowest BCUT2D eigenvalue weighted by Gasteiger charge is -2.38. The van der Waals surface area contributed by atoms with Crippen LogP contribution in [0.3, 0.4) is 0 Å². The van der Waals surface area contributed by atoms with E-state index in [1.165, 1.54) is 4.90 Å². The number of nitrogens with zero attached hydrogens (tertiary/aromatic N) is 2. The van der Waals surface area contributed by atoms with Gasteiger partial charge >= 0.3 is 12.2 Å². The number of nitrogens with one attached hydrogen (secondary N) is 2. The number of benzene rings is 2. The second-order valence-corrected chi connectivity index (χ2v) is 10.2. The second kappa shape index (κ2) is 15.2. The summed E-state index contributed by atoms with van der Waals surface area (Å²) >= 11 is 0. The van der Waals surface area contributed by atoms with Gasteiger partial charge in [-0.1, -0.05) is 68.7 Å². The van der Waals surface area contributed by atoms with Gasteiger partial charge in [-0.05, 0) is 51.3 Å². The van der Waals surface area contributed by atoms with E-state index in [-0.39, 0.29) is 6.54 Å². The average Bonchev–Trinajstić information content (AvgIpc) is 3.19. The number of amides is 4. The van der Waals surface area contributed by atoms with E-state index in [2.05, 4.69) is 10.6 Å². The van der Waals surface area contributed by atoms with Crippen LogP contribution in [-0.4, -0.2) is 65.9 Å². The lowest BCUT2D eigenvalue weighted by atomic mass is 10.0. The van der Waals surface area contributed by atoms with E-state index < -0.39 is 42.5 Å². The van der Waals surface area contributed by atoms with Gasteiger partial charge in [0.2, 0.25) is 0 Å². The molecule has 0 aromatic heterocycles.